The van der Waals surface area contributed by atoms with E-state index >= 15 is 0 Å². The maximum absolute atomic E-state index is 14.1. The molecule has 330 valence electrons. The predicted molar refractivity (Wildman–Crippen MR) is 242 cm³/mol. The molecule has 3 aliphatic rings. The number of anilines is 1. The third-order valence-electron chi connectivity index (χ3n) is 12.6. The molecule has 0 unspecified atom stereocenters. The number of carbonyl (C=O) groups excluding carboxylic acids is 4. The van der Waals surface area contributed by atoms with Gasteiger partial charge in [-0.15, -0.1) is 0 Å². The van der Waals surface area contributed by atoms with Gasteiger partial charge in [-0.3, -0.25) is 33.5 Å². The number of pyridine rings is 1. The number of halogens is 1. The van der Waals surface area contributed by atoms with Crippen LogP contribution in [0.15, 0.2) is 77.9 Å². The molecule has 15 nitrogen and oxygen atoms in total. The SMILES string of the molecule is CN1CCN(CCC(=O)Nc2ccc3c(=O)n(CC4(O)CCN(C(=O)[C@H](Cc5ccccc5)NC(=O)CNC(=O)c5ccc6c(Cl)c7c(nc6c5)CCCC7)CC4)cnc3c2)CC1. The lowest BCUT2D eigenvalue weighted by molar-refractivity contribution is -0.140. The van der Waals surface area contributed by atoms with E-state index in [9.17, 15) is 29.1 Å². The molecule has 16 heteroatoms. The number of benzene rings is 3. The van der Waals surface area contributed by atoms with Crippen molar-refractivity contribution in [3.8, 4) is 0 Å². The van der Waals surface area contributed by atoms with E-state index in [1.54, 1.807) is 41.3 Å². The summed E-state index contributed by atoms with van der Waals surface area (Å²) < 4.78 is 1.39. The number of fused-ring (bicyclic) bond motifs is 3. The molecule has 4 amide bonds. The van der Waals surface area contributed by atoms with Crippen LogP contribution in [0.4, 0.5) is 5.69 Å². The molecule has 0 bridgehead atoms. The predicted octanol–water partition coefficient (Wildman–Crippen LogP) is 3.56. The zero-order valence-electron chi connectivity index (χ0n) is 35.6. The van der Waals surface area contributed by atoms with Crippen molar-refractivity contribution in [2.75, 3.05) is 64.7 Å². The Hall–Kier alpha value is -5.74. The number of piperidine rings is 1. The smallest absolute Gasteiger partial charge is 0.261 e. The maximum Gasteiger partial charge on any atom is 0.261 e. The zero-order chi connectivity index (χ0) is 44.1. The van der Waals surface area contributed by atoms with Crippen molar-refractivity contribution < 1.29 is 24.3 Å². The Morgan fingerprint density at radius 2 is 1.62 bits per heavy atom. The fourth-order valence-corrected chi connectivity index (χ4v) is 9.17. The van der Waals surface area contributed by atoms with Crippen LogP contribution in [-0.2, 0) is 40.2 Å². The second kappa shape index (κ2) is 19.3. The quantitative estimate of drug-likeness (QED) is 0.137. The van der Waals surface area contributed by atoms with E-state index in [-0.39, 0.29) is 62.8 Å². The molecule has 2 aromatic heterocycles. The molecule has 0 saturated carbocycles. The van der Waals surface area contributed by atoms with Gasteiger partial charge in [0.15, 0.2) is 0 Å². The maximum atomic E-state index is 14.1. The van der Waals surface area contributed by atoms with Gasteiger partial charge in [-0.2, -0.15) is 0 Å². The van der Waals surface area contributed by atoms with Crippen LogP contribution in [0.25, 0.3) is 21.8 Å². The number of amides is 4. The van der Waals surface area contributed by atoms with Gasteiger partial charge in [0, 0.05) is 81.0 Å². The first-order valence-electron chi connectivity index (χ1n) is 21.8. The lowest BCUT2D eigenvalue weighted by atomic mass is 9.90. The highest BCUT2D eigenvalue weighted by Crippen LogP contribution is 2.33. The summed E-state index contributed by atoms with van der Waals surface area (Å²) in [7, 11) is 2.09. The molecule has 63 heavy (non-hydrogen) atoms. The molecular weight excluding hydrogens is 822 g/mol. The largest absolute Gasteiger partial charge is 0.388 e. The Morgan fingerprint density at radius 1 is 0.873 bits per heavy atom. The number of aromatic nitrogens is 3. The van der Waals surface area contributed by atoms with Crippen molar-refractivity contribution in [3.63, 3.8) is 0 Å². The Balaban J connectivity index is 0.861. The minimum atomic E-state index is -1.29. The van der Waals surface area contributed by atoms with E-state index in [4.69, 9.17) is 16.6 Å². The first kappa shape index (κ1) is 43.9. The lowest BCUT2D eigenvalue weighted by Gasteiger charge is -2.39. The molecule has 2 saturated heterocycles. The summed E-state index contributed by atoms with van der Waals surface area (Å²) >= 11 is 6.73. The van der Waals surface area contributed by atoms with Crippen molar-refractivity contribution >= 4 is 62.7 Å². The van der Waals surface area contributed by atoms with Gasteiger partial charge in [0.1, 0.15) is 6.04 Å². The molecule has 3 aromatic carbocycles. The number of aliphatic hydroxyl groups is 1. The Labute approximate surface area is 370 Å². The highest BCUT2D eigenvalue weighted by molar-refractivity contribution is 6.36. The summed E-state index contributed by atoms with van der Waals surface area (Å²) in [5.74, 6) is -1.40. The number of likely N-dealkylation sites (N-methyl/N-ethyl adjacent to an activating group) is 1. The van der Waals surface area contributed by atoms with Gasteiger partial charge >= 0.3 is 0 Å². The average molecular weight is 876 g/mol. The monoisotopic (exact) mass is 875 g/mol. The van der Waals surface area contributed by atoms with E-state index < -0.39 is 23.5 Å². The highest BCUT2D eigenvalue weighted by Gasteiger charge is 2.37. The normalized spacial score (nSPS) is 17.2. The number of hydrogen-bond donors (Lipinski definition) is 4. The number of rotatable bonds is 13. The molecule has 0 spiro atoms. The van der Waals surface area contributed by atoms with Crippen molar-refractivity contribution in [3.05, 3.63) is 111 Å². The number of nitrogens with one attached hydrogen (secondary N) is 3. The fourth-order valence-electron chi connectivity index (χ4n) is 8.81. The molecular formula is C47H54ClN9O6. The first-order chi connectivity index (χ1) is 30.4. The first-order valence-corrected chi connectivity index (χ1v) is 22.2. The second-order valence-electron chi connectivity index (χ2n) is 17.2. The zero-order valence-corrected chi connectivity index (χ0v) is 36.3. The number of likely N-dealkylation sites (tertiary alicyclic amines) is 1. The summed E-state index contributed by atoms with van der Waals surface area (Å²) in [6.45, 7) is 4.54. The molecule has 1 atom stereocenters. The number of nitrogens with zero attached hydrogens (tertiary/aromatic N) is 6. The van der Waals surface area contributed by atoms with Gasteiger partial charge in [-0.05, 0) is 87.0 Å². The van der Waals surface area contributed by atoms with Crippen LogP contribution in [0.1, 0.15) is 59.3 Å². The second-order valence-corrected chi connectivity index (χ2v) is 17.6. The third kappa shape index (κ3) is 10.6. The molecule has 8 rings (SSSR count). The molecule has 2 aliphatic heterocycles. The summed E-state index contributed by atoms with van der Waals surface area (Å²) in [4.78, 5) is 82.4. The fraction of sp³-hybridized carbons (Fsp3) is 0.426. The van der Waals surface area contributed by atoms with Crippen LogP contribution in [0, 0.1) is 0 Å². The van der Waals surface area contributed by atoms with Gasteiger partial charge in [-0.25, -0.2) is 4.98 Å². The van der Waals surface area contributed by atoms with Crippen molar-refractivity contribution in [2.45, 2.75) is 69.6 Å². The van der Waals surface area contributed by atoms with Crippen molar-refractivity contribution in [2.24, 2.45) is 0 Å². The molecule has 4 N–H and O–H groups in total. The van der Waals surface area contributed by atoms with E-state index in [1.165, 1.54) is 10.9 Å². The molecule has 0 radical (unpaired) electrons. The number of hydrogen-bond acceptors (Lipinski definition) is 10. The number of carbonyl (C=O) groups is 4. The van der Waals surface area contributed by atoms with Gasteiger partial charge in [0.05, 0.1) is 46.5 Å². The van der Waals surface area contributed by atoms with Crippen LogP contribution in [0.2, 0.25) is 5.02 Å². The van der Waals surface area contributed by atoms with E-state index in [0.717, 1.165) is 74.1 Å². The minimum Gasteiger partial charge on any atom is -0.388 e. The van der Waals surface area contributed by atoms with Crippen LogP contribution in [0.5, 0.6) is 0 Å². The lowest BCUT2D eigenvalue weighted by Crippen LogP contribution is -2.56. The Bertz CT molecular complexity index is 2570. The van der Waals surface area contributed by atoms with Gasteiger partial charge < -0.3 is 35.8 Å². The minimum absolute atomic E-state index is 0.0199. The van der Waals surface area contributed by atoms with E-state index in [0.29, 0.717) is 45.7 Å². The van der Waals surface area contributed by atoms with Crippen molar-refractivity contribution in [1.29, 1.82) is 0 Å². The molecule has 5 aromatic rings. The van der Waals surface area contributed by atoms with Gasteiger partial charge in [0.2, 0.25) is 17.7 Å². The van der Waals surface area contributed by atoms with Gasteiger partial charge in [-0.1, -0.05) is 48.0 Å². The molecule has 1 aliphatic carbocycles. The number of aryl methyl sites for hydroxylation is 1. The van der Waals surface area contributed by atoms with Crippen LogP contribution < -0.4 is 21.5 Å². The van der Waals surface area contributed by atoms with Gasteiger partial charge in [0.25, 0.3) is 11.5 Å². The number of piperazine rings is 1. The topological polar surface area (TPSA) is 182 Å². The average Bonchev–Trinajstić information content (AvgIpc) is 3.29. The summed E-state index contributed by atoms with van der Waals surface area (Å²) in [5, 5.41) is 22.0. The van der Waals surface area contributed by atoms with Crippen LogP contribution >= 0.6 is 11.6 Å². The molecule has 4 heterocycles. The Kier molecular flexibility index (Phi) is 13.5. The summed E-state index contributed by atoms with van der Waals surface area (Å²) in [6, 6.07) is 18.6. The summed E-state index contributed by atoms with van der Waals surface area (Å²) in [6.07, 6.45) is 6.23. The Morgan fingerprint density at radius 3 is 2.40 bits per heavy atom. The molecule has 2 fully saturated rings. The summed E-state index contributed by atoms with van der Waals surface area (Å²) in [5.41, 5.74) is 3.23. The van der Waals surface area contributed by atoms with E-state index in [2.05, 4.69) is 37.8 Å². The van der Waals surface area contributed by atoms with E-state index in [1.807, 2.05) is 30.3 Å². The third-order valence-corrected chi connectivity index (χ3v) is 13.0. The van der Waals surface area contributed by atoms with Crippen molar-refractivity contribution in [1.82, 2.24) is 39.9 Å². The highest BCUT2D eigenvalue weighted by atomic mass is 35.5. The standard InChI is InChI=1S/C47H54ClN9O6/c1-54-21-23-55(24-22-54)18-15-41(58)51-33-12-14-36-38(27-33)50-30-57(45(36)61)29-47(63)16-19-56(20-17-47)46(62)40(25-31-7-3-2-4-8-31)53-42(59)28-49-44(60)32-11-13-35-39(26-32)52-37-10-6-5-9-34(37)43(35)48/h2-4,7-8,11-14,26-27,30,40,63H,5-6,9-10,15-25,28-29H2,1H3,(H,49,60)(H,51,58)(H,53,59)/t40-/m0/s1. The van der Waals surface area contributed by atoms with Crippen LogP contribution in [-0.4, -0.2) is 129 Å². The van der Waals surface area contributed by atoms with Crippen LogP contribution in [0.3, 0.4) is 0 Å².